The minimum absolute atomic E-state index is 0.166. The van der Waals surface area contributed by atoms with E-state index in [4.69, 9.17) is 19.7 Å². The number of allylic oxidation sites excluding steroid dienone is 1. The summed E-state index contributed by atoms with van der Waals surface area (Å²) >= 11 is 0. The van der Waals surface area contributed by atoms with Crippen molar-refractivity contribution in [3.8, 4) is 22.5 Å². The first-order chi connectivity index (χ1) is 31.3. The van der Waals surface area contributed by atoms with Gasteiger partial charge in [-0.25, -0.2) is 9.59 Å². The van der Waals surface area contributed by atoms with E-state index in [0.717, 1.165) is 85.3 Å². The van der Waals surface area contributed by atoms with Crippen LogP contribution >= 0.6 is 21.6 Å². The molecule has 2 N–H and O–H groups in total. The zero-order valence-electron chi connectivity index (χ0n) is 38.8. The molecule has 4 atom stereocenters. The van der Waals surface area contributed by atoms with Crippen molar-refractivity contribution in [3.63, 3.8) is 0 Å². The molecule has 65 heavy (non-hydrogen) atoms. The topological polar surface area (TPSA) is 153 Å². The molecule has 2 aromatic heterocycles. The van der Waals surface area contributed by atoms with Gasteiger partial charge in [0.15, 0.2) is 0 Å². The van der Waals surface area contributed by atoms with Crippen molar-refractivity contribution >= 4 is 45.6 Å². The Kier molecular flexibility index (Phi) is 17.6. The molecule has 4 aromatic rings. The zero-order chi connectivity index (χ0) is 46.5. The summed E-state index contributed by atoms with van der Waals surface area (Å²) in [7, 11) is 2.70. The van der Waals surface area contributed by atoms with Crippen molar-refractivity contribution in [3.05, 3.63) is 96.5 Å². The van der Waals surface area contributed by atoms with Crippen LogP contribution in [0.4, 0.5) is 9.59 Å². The zero-order valence-corrected chi connectivity index (χ0v) is 40.4. The molecular weight excluding hydrogens is 861 g/mol. The number of alkyl carbamates (subject to hydrolysis) is 2. The number of amides is 4. The molecule has 4 amide bonds. The molecule has 0 fully saturated rings. The number of aromatic nitrogens is 4. The summed E-state index contributed by atoms with van der Waals surface area (Å²) in [6, 6.07) is 21.8. The summed E-state index contributed by atoms with van der Waals surface area (Å²) in [6.45, 7) is 16.8. The van der Waals surface area contributed by atoms with Gasteiger partial charge in [-0.2, -0.15) is 10.2 Å². The van der Waals surface area contributed by atoms with E-state index in [1.54, 1.807) is 27.7 Å². The third-order valence-corrected chi connectivity index (χ3v) is 13.9. The number of hydrogen-bond donors (Lipinski definition) is 2. The minimum atomic E-state index is -0.965. The average Bonchev–Trinajstić information content (AvgIpc) is 3.92. The van der Waals surface area contributed by atoms with Crippen LogP contribution in [-0.2, 0) is 32.2 Å². The van der Waals surface area contributed by atoms with Crippen molar-refractivity contribution < 1.29 is 28.7 Å². The normalized spacial score (nSPS) is 16.8. The third-order valence-electron chi connectivity index (χ3n) is 11.4. The minimum Gasteiger partial charge on any atom is -0.444 e. The third kappa shape index (κ3) is 13.4. The van der Waals surface area contributed by atoms with Gasteiger partial charge >= 0.3 is 12.2 Å². The van der Waals surface area contributed by atoms with Crippen LogP contribution < -0.4 is 10.6 Å². The lowest BCUT2D eigenvalue weighted by Crippen LogP contribution is -2.54. The van der Waals surface area contributed by atoms with Gasteiger partial charge in [0.1, 0.15) is 17.7 Å². The maximum absolute atomic E-state index is 14.8. The van der Waals surface area contributed by atoms with Crippen LogP contribution in [0.3, 0.4) is 0 Å². The molecule has 0 spiro atoms. The highest BCUT2D eigenvalue weighted by Crippen LogP contribution is 2.37. The summed E-state index contributed by atoms with van der Waals surface area (Å²) < 4.78 is 15.0. The molecule has 16 heteroatoms. The Balaban J connectivity index is 1.21. The predicted octanol–water partition coefficient (Wildman–Crippen LogP) is 9.94. The van der Waals surface area contributed by atoms with E-state index >= 15 is 0 Å². The number of benzene rings is 2. The first-order valence-electron chi connectivity index (χ1n) is 23.0. The summed E-state index contributed by atoms with van der Waals surface area (Å²) in [4.78, 5) is 59.8. The van der Waals surface area contributed by atoms with E-state index in [1.807, 2.05) is 79.8 Å². The Hall–Kier alpha value is -5.22. The predicted molar refractivity (Wildman–Crippen MR) is 259 cm³/mol. The van der Waals surface area contributed by atoms with Gasteiger partial charge in [0.2, 0.25) is 11.8 Å². The second-order valence-electron chi connectivity index (χ2n) is 17.7. The molecule has 0 radical (unpaired) electrons. The number of fused-ring (bicyclic) bond motifs is 2. The van der Waals surface area contributed by atoms with Crippen LogP contribution in [0.15, 0.2) is 85.1 Å². The highest BCUT2D eigenvalue weighted by Gasteiger charge is 2.39. The molecular formula is C49H66N8O6S2. The molecule has 6 rings (SSSR count). The molecule has 0 saturated heterocycles. The van der Waals surface area contributed by atoms with Gasteiger partial charge < -0.3 is 29.9 Å². The van der Waals surface area contributed by atoms with E-state index in [9.17, 15) is 19.2 Å². The molecule has 0 aliphatic carbocycles. The summed E-state index contributed by atoms with van der Waals surface area (Å²) in [5.74, 6) is 0.0887. The maximum Gasteiger partial charge on any atom is 0.412 e. The molecule has 2 aliphatic heterocycles. The lowest BCUT2D eigenvalue weighted by atomic mass is 10.00. The van der Waals surface area contributed by atoms with Gasteiger partial charge in [-0.05, 0) is 52.7 Å². The Labute approximate surface area is 392 Å². The summed E-state index contributed by atoms with van der Waals surface area (Å²) in [5.41, 5.74) is 4.87. The molecule has 0 bridgehead atoms. The Morgan fingerprint density at radius 1 is 0.692 bits per heavy atom. The monoisotopic (exact) mass is 926 g/mol. The van der Waals surface area contributed by atoms with Crippen LogP contribution in [0.5, 0.6) is 0 Å². The largest absolute Gasteiger partial charge is 0.444 e. The Morgan fingerprint density at radius 3 is 1.52 bits per heavy atom. The lowest BCUT2D eigenvalue weighted by molar-refractivity contribution is -0.137. The number of carbonyl (C=O) groups is 4. The molecule has 2 aliphatic rings. The first-order valence-corrected chi connectivity index (χ1v) is 25.5. The number of carbonyl (C=O) groups excluding carboxylic acids is 4. The number of hydrogen-bond acceptors (Lipinski definition) is 10. The van der Waals surface area contributed by atoms with Gasteiger partial charge in [0, 0.05) is 35.7 Å². The first kappa shape index (κ1) is 49.2. The van der Waals surface area contributed by atoms with E-state index in [1.165, 1.54) is 21.6 Å². The Bertz CT molecular complexity index is 2230. The van der Waals surface area contributed by atoms with Crippen LogP contribution in [0.25, 0.3) is 22.5 Å². The second kappa shape index (κ2) is 23.3. The van der Waals surface area contributed by atoms with Crippen molar-refractivity contribution in [1.29, 1.82) is 0 Å². The van der Waals surface area contributed by atoms with Gasteiger partial charge in [0.05, 0.1) is 53.7 Å². The van der Waals surface area contributed by atoms with E-state index < -0.39 is 29.9 Å². The highest BCUT2D eigenvalue weighted by atomic mass is 33.1. The molecule has 4 heterocycles. The number of unbranched alkanes of at least 4 members (excludes halogenated alkanes) is 4. The van der Waals surface area contributed by atoms with Crippen molar-refractivity contribution in [1.82, 2.24) is 40.0 Å². The van der Waals surface area contributed by atoms with E-state index in [-0.39, 0.29) is 41.2 Å². The number of ether oxygens (including phenoxy) is 2. The fraction of sp³-hybridized carbons (Fsp3) is 0.510. The quantitative estimate of drug-likeness (QED) is 0.0498. The van der Waals surface area contributed by atoms with Gasteiger partial charge in [-0.15, -0.1) is 0 Å². The number of nitrogens with one attached hydrogen (secondary N) is 2. The average molecular weight is 927 g/mol. The Morgan fingerprint density at radius 2 is 1.12 bits per heavy atom. The van der Waals surface area contributed by atoms with Crippen LogP contribution in [0, 0.1) is 0 Å². The molecule has 2 aromatic carbocycles. The molecule has 14 nitrogen and oxygen atoms in total. The van der Waals surface area contributed by atoms with Crippen LogP contribution in [-0.4, -0.2) is 95.6 Å². The van der Waals surface area contributed by atoms with E-state index in [0.29, 0.717) is 26.2 Å². The molecule has 350 valence electrons. The van der Waals surface area contributed by atoms with Gasteiger partial charge in [-0.3, -0.25) is 19.0 Å². The van der Waals surface area contributed by atoms with Gasteiger partial charge in [0.25, 0.3) is 0 Å². The SMILES string of the molecule is C=C(C)OC(=O)N[C@@H](CSSC[C@H](NC(=O)OC(C)(C)C)C(=O)N1CCn2nc(-c3ccccc3)cc2C1CCCCC)C(=O)N1CCn2nc(-c3ccccc3)cc2C1CCCCC. The fourth-order valence-electron chi connectivity index (χ4n) is 8.37. The van der Waals surface area contributed by atoms with Crippen LogP contribution in [0.1, 0.15) is 116 Å². The second-order valence-corrected chi connectivity index (χ2v) is 20.3. The molecule has 2 unspecified atom stereocenters. The smallest absolute Gasteiger partial charge is 0.412 e. The number of nitrogens with zero attached hydrogens (tertiary/aromatic N) is 6. The summed E-state index contributed by atoms with van der Waals surface area (Å²) in [5, 5.41) is 15.6. The summed E-state index contributed by atoms with van der Waals surface area (Å²) in [6.07, 6.45) is 5.98. The van der Waals surface area contributed by atoms with Crippen molar-refractivity contribution in [2.24, 2.45) is 0 Å². The van der Waals surface area contributed by atoms with Gasteiger partial charge in [-0.1, -0.05) is 141 Å². The fourth-order valence-corrected chi connectivity index (χ4v) is 10.7. The van der Waals surface area contributed by atoms with Crippen molar-refractivity contribution in [2.45, 2.75) is 136 Å². The standard InChI is InChI=1S/C49H66N8O6S2/c1-8-10-14-24-41-43-30-37(35-20-16-12-17-21-35)52-56(43)28-26-54(41)45(58)39(50-47(60)62-34(3)4)32-64-65-33-40(51-48(61)63-49(5,6)7)46(59)55-27-29-57-44(42(55)25-15-11-9-2)31-38(53-57)36-22-18-13-19-23-36/h12-13,16-23,30-31,39-42H,3,8-11,14-15,24-29,32-33H2,1-2,4-7H3,(H,50,60)(H,51,61)/t39-,40-,41?,42?/m0/s1. The molecule has 0 saturated carbocycles. The highest BCUT2D eigenvalue weighted by molar-refractivity contribution is 8.76. The van der Waals surface area contributed by atoms with Crippen molar-refractivity contribution in [2.75, 3.05) is 24.6 Å². The lowest BCUT2D eigenvalue weighted by Gasteiger charge is -2.38. The van der Waals surface area contributed by atoms with E-state index in [2.05, 4.69) is 43.2 Å². The maximum atomic E-state index is 14.8. The van der Waals surface area contributed by atoms with Crippen LogP contribution in [0.2, 0.25) is 0 Å². The number of rotatable bonds is 20.